The zero-order valence-electron chi connectivity index (χ0n) is 6.89. The van der Waals surface area contributed by atoms with Crippen LogP contribution in [0.15, 0.2) is 10.7 Å². The first-order chi connectivity index (χ1) is 6.07. The lowest BCUT2D eigenvalue weighted by atomic mass is 10.1. The van der Waals surface area contributed by atoms with E-state index in [-0.39, 0.29) is 11.3 Å². The monoisotopic (exact) mass is 251 g/mol. The van der Waals surface area contributed by atoms with E-state index >= 15 is 0 Å². The lowest BCUT2D eigenvalue weighted by Gasteiger charge is -2.10. The zero-order valence-corrected chi connectivity index (χ0v) is 8.48. The first-order valence-electron chi connectivity index (χ1n) is 3.60. The summed E-state index contributed by atoms with van der Waals surface area (Å²) in [5.41, 5.74) is 0.279. The minimum absolute atomic E-state index is 0.0377. The van der Waals surface area contributed by atoms with E-state index in [0.717, 1.165) is 0 Å². The van der Waals surface area contributed by atoms with Gasteiger partial charge in [-0.05, 0) is 28.4 Å². The molecule has 1 heterocycles. The van der Waals surface area contributed by atoms with E-state index in [2.05, 4.69) is 20.9 Å². The number of rotatable bonds is 2. The van der Waals surface area contributed by atoms with Crippen LogP contribution in [0.4, 0.5) is 8.78 Å². The van der Waals surface area contributed by atoms with Crippen molar-refractivity contribution in [1.82, 2.24) is 4.98 Å². The molecule has 0 fully saturated rings. The standard InChI is InChI=1S/C8H8BrF2NO/c1-4-5(9)2-12-6(3-13)7(4)8(10)11/h2,8,13H,3H2,1H3. The second-order valence-corrected chi connectivity index (χ2v) is 3.40. The second kappa shape index (κ2) is 4.11. The Morgan fingerprint density at radius 3 is 2.69 bits per heavy atom. The molecule has 0 unspecified atom stereocenters. The average Bonchev–Trinajstić information content (AvgIpc) is 2.08. The molecule has 0 aliphatic rings. The van der Waals surface area contributed by atoms with Crippen LogP contribution in [-0.4, -0.2) is 10.1 Å². The molecular formula is C8H8BrF2NO. The number of nitrogens with zero attached hydrogens (tertiary/aromatic N) is 1. The van der Waals surface area contributed by atoms with Gasteiger partial charge in [-0.3, -0.25) is 4.98 Å². The van der Waals surface area contributed by atoms with Gasteiger partial charge in [-0.25, -0.2) is 8.78 Å². The molecule has 0 bridgehead atoms. The van der Waals surface area contributed by atoms with Gasteiger partial charge in [0, 0.05) is 16.2 Å². The first-order valence-corrected chi connectivity index (χ1v) is 4.40. The summed E-state index contributed by atoms with van der Waals surface area (Å²) in [5, 5.41) is 8.77. The topological polar surface area (TPSA) is 33.1 Å². The summed E-state index contributed by atoms with van der Waals surface area (Å²) < 4.78 is 25.5. The minimum atomic E-state index is -2.60. The second-order valence-electron chi connectivity index (χ2n) is 2.55. The van der Waals surface area contributed by atoms with E-state index in [9.17, 15) is 8.78 Å². The molecule has 0 saturated carbocycles. The van der Waals surface area contributed by atoms with Gasteiger partial charge >= 0.3 is 0 Å². The Bertz CT molecular complexity index is 317. The van der Waals surface area contributed by atoms with Crippen LogP contribution >= 0.6 is 15.9 Å². The van der Waals surface area contributed by atoms with E-state index < -0.39 is 13.0 Å². The lowest BCUT2D eigenvalue weighted by Crippen LogP contribution is -2.01. The third kappa shape index (κ3) is 2.03. The number of aromatic nitrogens is 1. The summed E-state index contributed by atoms with van der Waals surface area (Å²) in [6, 6.07) is 0. The van der Waals surface area contributed by atoms with Crippen molar-refractivity contribution >= 4 is 15.9 Å². The highest BCUT2D eigenvalue weighted by Crippen LogP contribution is 2.29. The third-order valence-electron chi connectivity index (χ3n) is 1.77. The maximum Gasteiger partial charge on any atom is 0.265 e. The normalized spacial score (nSPS) is 10.9. The molecule has 72 valence electrons. The molecule has 0 radical (unpaired) electrons. The molecule has 1 N–H and O–H groups in total. The molecule has 0 saturated heterocycles. The number of aliphatic hydroxyl groups is 1. The number of halogens is 3. The fourth-order valence-electron chi connectivity index (χ4n) is 1.06. The van der Waals surface area contributed by atoms with Gasteiger partial charge in [0.2, 0.25) is 0 Å². The van der Waals surface area contributed by atoms with Crippen molar-refractivity contribution in [2.75, 3.05) is 0 Å². The van der Waals surface area contributed by atoms with E-state index in [4.69, 9.17) is 5.11 Å². The van der Waals surface area contributed by atoms with Crippen molar-refractivity contribution < 1.29 is 13.9 Å². The SMILES string of the molecule is Cc1c(Br)cnc(CO)c1C(F)F. The number of aliphatic hydroxyl groups excluding tert-OH is 1. The Labute approximate surface area is 82.7 Å². The molecule has 13 heavy (non-hydrogen) atoms. The summed E-state index contributed by atoms with van der Waals surface area (Å²) in [6.07, 6.45) is -1.20. The molecule has 0 aliphatic carbocycles. The number of hydrogen-bond acceptors (Lipinski definition) is 2. The van der Waals surface area contributed by atoms with Crippen LogP contribution in [0.25, 0.3) is 0 Å². The molecule has 2 nitrogen and oxygen atoms in total. The van der Waals surface area contributed by atoms with Gasteiger partial charge in [-0.2, -0.15) is 0 Å². The molecule has 0 aliphatic heterocycles. The highest BCUT2D eigenvalue weighted by Gasteiger charge is 2.18. The van der Waals surface area contributed by atoms with Crippen LogP contribution in [-0.2, 0) is 6.61 Å². The van der Waals surface area contributed by atoms with Gasteiger partial charge in [0.1, 0.15) is 0 Å². The van der Waals surface area contributed by atoms with Crippen molar-refractivity contribution in [3.05, 3.63) is 27.5 Å². The molecule has 1 rings (SSSR count). The van der Waals surface area contributed by atoms with Crippen LogP contribution in [0.2, 0.25) is 0 Å². The predicted molar refractivity (Wildman–Crippen MR) is 47.6 cm³/mol. The van der Waals surface area contributed by atoms with Gasteiger partial charge in [-0.15, -0.1) is 0 Å². The zero-order chi connectivity index (χ0) is 10.0. The van der Waals surface area contributed by atoms with Crippen LogP contribution in [0.3, 0.4) is 0 Å². The fourth-order valence-corrected chi connectivity index (χ4v) is 1.38. The number of alkyl halides is 2. The molecule has 5 heteroatoms. The first kappa shape index (κ1) is 10.5. The molecular weight excluding hydrogens is 244 g/mol. The van der Waals surface area contributed by atoms with Gasteiger partial charge in [-0.1, -0.05) is 0 Å². The summed E-state index contributed by atoms with van der Waals surface area (Å²) in [4.78, 5) is 3.70. The Hall–Kier alpha value is -0.550. The third-order valence-corrected chi connectivity index (χ3v) is 2.57. The molecule has 0 aromatic carbocycles. The van der Waals surface area contributed by atoms with Crippen molar-refractivity contribution in [3.8, 4) is 0 Å². The number of hydrogen-bond donors (Lipinski definition) is 1. The van der Waals surface area contributed by atoms with Crippen molar-refractivity contribution in [2.45, 2.75) is 20.0 Å². The lowest BCUT2D eigenvalue weighted by molar-refractivity contribution is 0.145. The average molecular weight is 252 g/mol. The summed E-state index contributed by atoms with van der Waals surface area (Å²) >= 11 is 3.10. The Kier molecular flexibility index (Phi) is 3.33. The van der Waals surface area contributed by atoms with E-state index in [0.29, 0.717) is 10.0 Å². The maximum atomic E-state index is 12.5. The van der Waals surface area contributed by atoms with Crippen LogP contribution in [0, 0.1) is 6.92 Å². The van der Waals surface area contributed by atoms with E-state index in [1.165, 1.54) is 6.20 Å². The highest BCUT2D eigenvalue weighted by molar-refractivity contribution is 9.10. The van der Waals surface area contributed by atoms with Gasteiger partial charge in [0.25, 0.3) is 6.43 Å². The highest BCUT2D eigenvalue weighted by atomic mass is 79.9. The summed E-state index contributed by atoms with van der Waals surface area (Å²) in [5.74, 6) is 0. The molecule has 1 aromatic rings. The fraction of sp³-hybridized carbons (Fsp3) is 0.375. The van der Waals surface area contributed by atoms with Crippen LogP contribution < -0.4 is 0 Å². The molecule has 1 aromatic heterocycles. The van der Waals surface area contributed by atoms with Crippen molar-refractivity contribution in [3.63, 3.8) is 0 Å². The maximum absolute atomic E-state index is 12.5. The van der Waals surface area contributed by atoms with Crippen molar-refractivity contribution in [2.24, 2.45) is 0 Å². The Balaban J connectivity index is 3.32. The largest absolute Gasteiger partial charge is 0.390 e. The van der Waals surface area contributed by atoms with E-state index in [1.807, 2.05) is 0 Å². The van der Waals surface area contributed by atoms with Gasteiger partial charge in [0.15, 0.2) is 0 Å². The molecule has 0 spiro atoms. The quantitative estimate of drug-likeness (QED) is 0.877. The summed E-state index contributed by atoms with van der Waals surface area (Å²) in [7, 11) is 0. The smallest absolute Gasteiger partial charge is 0.265 e. The van der Waals surface area contributed by atoms with Gasteiger partial charge in [0.05, 0.1) is 12.3 Å². The van der Waals surface area contributed by atoms with Gasteiger partial charge < -0.3 is 5.11 Å². The molecule has 0 atom stereocenters. The van der Waals surface area contributed by atoms with Crippen LogP contribution in [0.1, 0.15) is 23.2 Å². The van der Waals surface area contributed by atoms with Crippen LogP contribution in [0.5, 0.6) is 0 Å². The molecule has 0 amide bonds. The number of pyridine rings is 1. The minimum Gasteiger partial charge on any atom is -0.390 e. The predicted octanol–water partition coefficient (Wildman–Crippen LogP) is 2.58. The van der Waals surface area contributed by atoms with Crippen molar-refractivity contribution in [1.29, 1.82) is 0 Å². The van der Waals surface area contributed by atoms with E-state index in [1.54, 1.807) is 6.92 Å². The Morgan fingerprint density at radius 1 is 1.62 bits per heavy atom. The summed E-state index contributed by atoms with van der Waals surface area (Å²) in [6.45, 7) is 1.10. The Morgan fingerprint density at radius 2 is 2.23 bits per heavy atom.